The Morgan fingerprint density at radius 2 is 2.00 bits per heavy atom. The summed E-state index contributed by atoms with van der Waals surface area (Å²) < 4.78 is 5.39. The molecule has 0 unspecified atom stereocenters. The summed E-state index contributed by atoms with van der Waals surface area (Å²) in [6.07, 6.45) is 2.28. The molecule has 18 heavy (non-hydrogen) atoms. The van der Waals surface area contributed by atoms with E-state index in [4.69, 9.17) is 10.3 Å². The molecule has 1 fully saturated rings. The van der Waals surface area contributed by atoms with E-state index in [1.807, 2.05) is 26.0 Å². The van der Waals surface area contributed by atoms with Crippen molar-refractivity contribution in [3.8, 4) is 11.5 Å². The highest BCUT2D eigenvalue weighted by Gasteiger charge is 2.43. The standard InChI is InChI=1S/C14H17N3O/c1-8-6-10(15)7-11(9(8)2)12-16-13(17-18-12)14(3)4-5-14/h6-7H,4-5,15H2,1-3H3. The molecule has 1 aromatic heterocycles. The second kappa shape index (κ2) is 3.57. The van der Waals surface area contributed by atoms with Gasteiger partial charge in [-0.25, -0.2) is 0 Å². The molecule has 94 valence electrons. The van der Waals surface area contributed by atoms with Crippen molar-refractivity contribution in [2.45, 2.75) is 39.0 Å². The summed E-state index contributed by atoms with van der Waals surface area (Å²) in [5.74, 6) is 1.39. The van der Waals surface area contributed by atoms with Crippen molar-refractivity contribution in [1.82, 2.24) is 10.1 Å². The maximum atomic E-state index is 5.88. The first-order chi connectivity index (χ1) is 8.49. The highest BCUT2D eigenvalue weighted by Crippen LogP contribution is 2.46. The third-order valence-corrected chi connectivity index (χ3v) is 3.89. The van der Waals surface area contributed by atoms with Gasteiger partial charge in [0.2, 0.25) is 0 Å². The van der Waals surface area contributed by atoms with Crippen molar-refractivity contribution in [2.24, 2.45) is 0 Å². The molecule has 0 spiro atoms. The Balaban J connectivity index is 2.07. The number of rotatable bonds is 2. The van der Waals surface area contributed by atoms with E-state index in [1.165, 1.54) is 0 Å². The van der Waals surface area contributed by atoms with Gasteiger partial charge < -0.3 is 10.3 Å². The van der Waals surface area contributed by atoms with Gasteiger partial charge in [0, 0.05) is 16.7 Å². The Bertz CT molecular complexity index is 611. The van der Waals surface area contributed by atoms with E-state index in [2.05, 4.69) is 17.1 Å². The van der Waals surface area contributed by atoms with Gasteiger partial charge in [-0.15, -0.1) is 0 Å². The number of nitrogens with zero attached hydrogens (tertiary/aromatic N) is 2. The fourth-order valence-electron chi connectivity index (χ4n) is 2.10. The third kappa shape index (κ3) is 1.68. The Morgan fingerprint density at radius 3 is 2.67 bits per heavy atom. The molecule has 2 N–H and O–H groups in total. The van der Waals surface area contributed by atoms with E-state index in [0.29, 0.717) is 5.89 Å². The van der Waals surface area contributed by atoms with Crippen molar-refractivity contribution >= 4 is 5.69 Å². The number of nitrogen functional groups attached to an aromatic ring is 1. The van der Waals surface area contributed by atoms with Gasteiger partial charge >= 0.3 is 0 Å². The minimum atomic E-state index is 0.130. The number of aryl methyl sites for hydroxylation is 1. The molecule has 0 aliphatic heterocycles. The molecule has 1 aliphatic carbocycles. The average molecular weight is 243 g/mol. The second-order valence-corrected chi connectivity index (χ2v) is 5.49. The first-order valence-electron chi connectivity index (χ1n) is 6.21. The van der Waals surface area contributed by atoms with Crippen LogP contribution in [0.5, 0.6) is 0 Å². The topological polar surface area (TPSA) is 64.9 Å². The minimum Gasteiger partial charge on any atom is -0.399 e. The highest BCUT2D eigenvalue weighted by molar-refractivity contribution is 5.66. The molecule has 0 radical (unpaired) electrons. The Morgan fingerprint density at radius 1 is 1.28 bits per heavy atom. The summed E-state index contributed by atoms with van der Waals surface area (Å²) in [6.45, 7) is 6.25. The van der Waals surface area contributed by atoms with Gasteiger partial charge in [0.15, 0.2) is 5.82 Å². The molecule has 0 amide bonds. The van der Waals surface area contributed by atoms with E-state index >= 15 is 0 Å². The van der Waals surface area contributed by atoms with Crippen LogP contribution in [-0.2, 0) is 5.41 Å². The monoisotopic (exact) mass is 243 g/mol. The predicted octanol–water partition coefficient (Wildman–Crippen LogP) is 2.99. The van der Waals surface area contributed by atoms with Crippen LogP contribution in [-0.4, -0.2) is 10.1 Å². The highest BCUT2D eigenvalue weighted by atomic mass is 16.5. The molecular formula is C14H17N3O. The minimum absolute atomic E-state index is 0.130. The zero-order valence-corrected chi connectivity index (χ0v) is 10.9. The van der Waals surface area contributed by atoms with E-state index < -0.39 is 0 Å². The van der Waals surface area contributed by atoms with Gasteiger partial charge in [-0.3, -0.25) is 0 Å². The van der Waals surface area contributed by atoms with Crippen LogP contribution in [0.15, 0.2) is 16.7 Å². The molecule has 1 saturated carbocycles. The molecule has 1 heterocycles. The van der Waals surface area contributed by atoms with Crippen LogP contribution in [0.1, 0.15) is 36.7 Å². The van der Waals surface area contributed by atoms with Crippen LogP contribution in [0.3, 0.4) is 0 Å². The molecule has 4 nitrogen and oxygen atoms in total. The van der Waals surface area contributed by atoms with Gasteiger partial charge in [-0.1, -0.05) is 12.1 Å². The van der Waals surface area contributed by atoms with Crippen molar-refractivity contribution in [3.63, 3.8) is 0 Å². The molecule has 3 rings (SSSR count). The SMILES string of the molecule is Cc1cc(N)cc(-c2nc(C3(C)CC3)no2)c1C. The van der Waals surface area contributed by atoms with E-state index in [-0.39, 0.29) is 5.41 Å². The summed E-state index contributed by atoms with van der Waals surface area (Å²) >= 11 is 0. The zero-order chi connectivity index (χ0) is 12.9. The molecular weight excluding hydrogens is 226 g/mol. The van der Waals surface area contributed by atoms with Gasteiger partial charge in [0.25, 0.3) is 5.89 Å². The Labute approximate surface area is 106 Å². The first kappa shape index (κ1) is 11.3. The van der Waals surface area contributed by atoms with E-state index in [1.54, 1.807) is 0 Å². The van der Waals surface area contributed by atoms with Gasteiger partial charge in [-0.05, 0) is 49.9 Å². The molecule has 0 saturated heterocycles. The summed E-state index contributed by atoms with van der Waals surface area (Å²) in [4.78, 5) is 4.52. The third-order valence-electron chi connectivity index (χ3n) is 3.89. The number of aromatic nitrogens is 2. The van der Waals surface area contributed by atoms with E-state index in [0.717, 1.165) is 41.0 Å². The molecule has 4 heteroatoms. The normalized spacial score (nSPS) is 16.8. The van der Waals surface area contributed by atoms with Gasteiger partial charge in [0.1, 0.15) is 0 Å². The van der Waals surface area contributed by atoms with Gasteiger partial charge in [-0.2, -0.15) is 4.98 Å². The van der Waals surface area contributed by atoms with Gasteiger partial charge in [0.05, 0.1) is 0 Å². The lowest BCUT2D eigenvalue weighted by Crippen LogP contribution is -2.02. The molecule has 0 bridgehead atoms. The lowest BCUT2D eigenvalue weighted by Gasteiger charge is -2.06. The van der Waals surface area contributed by atoms with Crippen LogP contribution in [0, 0.1) is 13.8 Å². The van der Waals surface area contributed by atoms with Crippen LogP contribution in [0.2, 0.25) is 0 Å². The van der Waals surface area contributed by atoms with Crippen LogP contribution >= 0.6 is 0 Å². The van der Waals surface area contributed by atoms with Crippen molar-refractivity contribution in [3.05, 3.63) is 29.1 Å². The Kier molecular flexibility index (Phi) is 2.24. The number of hydrogen-bond donors (Lipinski definition) is 1. The number of anilines is 1. The maximum Gasteiger partial charge on any atom is 0.258 e. The largest absolute Gasteiger partial charge is 0.399 e. The summed E-state index contributed by atoms with van der Waals surface area (Å²) in [6, 6.07) is 3.85. The average Bonchev–Trinajstić information content (AvgIpc) is 2.90. The lowest BCUT2D eigenvalue weighted by molar-refractivity contribution is 0.415. The second-order valence-electron chi connectivity index (χ2n) is 5.49. The van der Waals surface area contributed by atoms with Crippen LogP contribution in [0.25, 0.3) is 11.5 Å². The van der Waals surface area contributed by atoms with E-state index in [9.17, 15) is 0 Å². The quantitative estimate of drug-likeness (QED) is 0.823. The maximum absolute atomic E-state index is 5.88. The Hall–Kier alpha value is -1.84. The fraction of sp³-hybridized carbons (Fsp3) is 0.429. The molecule has 2 aromatic rings. The van der Waals surface area contributed by atoms with Crippen molar-refractivity contribution < 1.29 is 4.52 Å². The zero-order valence-electron chi connectivity index (χ0n) is 10.9. The first-order valence-corrected chi connectivity index (χ1v) is 6.21. The number of hydrogen-bond acceptors (Lipinski definition) is 4. The molecule has 1 aromatic carbocycles. The fourth-order valence-corrected chi connectivity index (χ4v) is 2.10. The smallest absolute Gasteiger partial charge is 0.258 e. The molecule has 0 atom stereocenters. The lowest BCUT2D eigenvalue weighted by atomic mass is 10.0. The summed E-state index contributed by atoms with van der Waals surface area (Å²) in [7, 11) is 0. The van der Waals surface area contributed by atoms with Crippen molar-refractivity contribution in [2.75, 3.05) is 5.73 Å². The van der Waals surface area contributed by atoms with Crippen LogP contribution in [0.4, 0.5) is 5.69 Å². The van der Waals surface area contributed by atoms with Crippen molar-refractivity contribution in [1.29, 1.82) is 0 Å². The summed E-state index contributed by atoms with van der Waals surface area (Å²) in [5.41, 5.74) is 9.96. The molecule has 1 aliphatic rings. The van der Waals surface area contributed by atoms with Crippen LogP contribution < -0.4 is 5.73 Å². The predicted molar refractivity (Wildman–Crippen MR) is 70.2 cm³/mol. The summed E-state index contributed by atoms with van der Waals surface area (Å²) in [5, 5.41) is 4.10. The number of nitrogens with two attached hydrogens (primary N) is 1. The number of benzene rings is 1.